The standard InChI is InChI=1S/C19H22N4O/c1-2-3-4-15-5-8-18(9-6-15)24-19-10-7-16(12-22-19)21-13-17-11-20-14-23-17/h5-12,14,21H,2-4,13H2,1H3,(H,20,23). The van der Waals surface area contributed by atoms with Crippen LogP contribution in [0.2, 0.25) is 0 Å². The van der Waals surface area contributed by atoms with E-state index < -0.39 is 0 Å². The molecule has 0 saturated heterocycles. The maximum Gasteiger partial charge on any atom is 0.219 e. The second kappa shape index (κ2) is 8.15. The summed E-state index contributed by atoms with van der Waals surface area (Å²) in [7, 11) is 0. The Bertz CT molecular complexity index is 721. The van der Waals surface area contributed by atoms with Gasteiger partial charge >= 0.3 is 0 Å². The number of benzene rings is 1. The molecule has 0 atom stereocenters. The third-order valence-corrected chi connectivity index (χ3v) is 3.74. The summed E-state index contributed by atoms with van der Waals surface area (Å²) in [6.45, 7) is 2.89. The smallest absolute Gasteiger partial charge is 0.219 e. The second-order valence-corrected chi connectivity index (χ2v) is 5.67. The molecule has 1 aromatic carbocycles. The number of ether oxygens (including phenoxy) is 1. The van der Waals surface area contributed by atoms with Gasteiger partial charge < -0.3 is 15.0 Å². The highest BCUT2D eigenvalue weighted by Crippen LogP contribution is 2.21. The highest BCUT2D eigenvalue weighted by atomic mass is 16.5. The van der Waals surface area contributed by atoms with Crippen LogP contribution in [-0.2, 0) is 13.0 Å². The zero-order chi connectivity index (χ0) is 16.6. The van der Waals surface area contributed by atoms with Crippen molar-refractivity contribution in [3.63, 3.8) is 0 Å². The van der Waals surface area contributed by atoms with Crippen LogP contribution in [-0.4, -0.2) is 15.0 Å². The lowest BCUT2D eigenvalue weighted by Gasteiger charge is -2.08. The maximum absolute atomic E-state index is 5.79. The van der Waals surface area contributed by atoms with E-state index >= 15 is 0 Å². The number of aromatic nitrogens is 3. The molecule has 5 heteroatoms. The number of pyridine rings is 1. The summed E-state index contributed by atoms with van der Waals surface area (Å²) in [4.78, 5) is 11.4. The minimum absolute atomic E-state index is 0.586. The predicted molar refractivity (Wildman–Crippen MR) is 95.3 cm³/mol. The van der Waals surface area contributed by atoms with Crippen LogP contribution in [0.1, 0.15) is 31.0 Å². The first-order chi connectivity index (χ1) is 11.8. The van der Waals surface area contributed by atoms with Crippen molar-refractivity contribution in [1.82, 2.24) is 15.0 Å². The van der Waals surface area contributed by atoms with Crippen molar-refractivity contribution in [1.29, 1.82) is 0 Å². The number of hydrogen-bond acceptors (Lipinski definition) is 4. The predicted octanol–water partition coefficient (Wildman–Crippen LogP) is 4.55. The molecule has 3 aromatic rings. The van der Waals surface area contributed by atoms with Crippen LogP contribution in [0.4, 0.5) is 5.69 Å². The molecule has 0 saturated carbocycles. The molecule has 2 N–H and O–H groups in total. The van der Waals surface area contributed by atoms with Gasteiger partial charge in [-0.25, -0.2) is 9.97 Å². The quantitative estimate of drug-likeness (QED) is 0.638. The molecule has 0 bridgehead atoms. The lowest BCUT2D eigenvalue weighted by Crippen LogP contribution is -2.00. The van der Waals surface area contributed by atoms with E-state index in [9.17, 15) is 0 Å². The summed E-state index contributed by atoms with van der Waals surface area (Å²) in [6, 6.07) is 12.0. The molecule has 0 aliphatic heterocycles. The van der Waals surface area contributed by atoms with Crippen molar-refractivity contribution in [2.45, 2.75) is 32.7 Å². The van der Waals surface area contributed by atoms with Gasteiger partial charge in [-0.2, -0.15) is 0 Å². The number of hydrogen-bond donors (Lipinski definition) is 2. The van der Waals surface area contributed by atoms with Gasteiger partial charge in [-0.1, -0.05) is 25.5 Å². The number of H-pyrrole nitrogens is 1. The Balaban J connectivity index is 1.53. The van der Waals surface area contributed by atoms with E-state index in [4.69, 9.17) is 4.74 Å². The summed E-state index contributed by atoms with van der Waals surface area (Å²) in [5, 5.41) is 3.28. The summed E-state index contributed by atoms with van der Waals surface area (Å²) in [5.74, 6) is 1.39. The number of anilines is 1. The SMILES string of the molecule is CCCCc1ccc(Oc2ccc(NCc3cnc[nH]3)cn2)cc1. The van der Waals surface area contributed by atoms with Crippen molar-refractivity contribution < 1.29 is 4.74 Å². The third-order valence-electron chi connectivity index (χ3n) is 3.74. The molecule has 0 aliphatic carbocycles. The van der Waals surface area contributed by atoms with E-state index in [0.29, 0.717) is 12.4 Å². The van der Waals surface area contributed by atoms with Gasteiger partial charge in [0.05, 0.1) is 30.5 Å². The molecule has 0 fully saturated rings. The van der Waals surface area contributed by atoms with E-state index in [1.165, 1.54) is 18.4 Å². The van der Waals surface area contributed by atoms with Crippen molar-refractivity contribution in [3.8, 4) is 11.6 Å². The fraction of sp³-hybridized carbons (Fsp3) is 0.263. The Hall–Kier alpha value is -2.82. The molecule has 124 valence electrons. The Labute approximate surface area is 142 Å². The normalized spacial score (nSPS) is 10.5. The van der Waals surface area contributed by atoms with Crippen LogP contribution >= 0.6 is 0 Å². The average molecular weight is 322 g/mol. The average Bonchev–Trinajstić information content (AvgIpc) is 3.14. The van der Waals surface area contributed by atoms with E-state index in [1.807, 2.05) is 24.3 Å². The van der Waals surface area contributed by atoms with Gasteiger partial charge in [0.25, 0.3) is 0 Å². The molecule has 24 heavy (non-hydrogen) atoms. The number of nitrogens with zero attached hydrogens (tertiary/aromatic N) is 2. The molecule has 0 amide bonds. The number of rotatable bonds is 8. The van der Waals surface area contributed by atoms with E-state index in [-0.39, 0.29) is 0 Å². The molecule has 2 aromatic heterocycles. The Morgan fingerprint density at radius 1 is 1.08 bits per heavy atom. The molecule has 0 spiro atoms. The second-order valence-electron chi connectivity index (χ2n) is 5.67. The first-order valence-electron chi connectivity index (χ1n) is 8.27. The van der Waals surface area contributed by atoms with Crippen LogP contribution < -0.4 is 10.1 Å². The van der Waals surface area contributed by atoms with Gasteiger partial charge in [0.15, 0.2) is 0 Å². The Kier molecular flexibility index (Phi) is 5.45. The number of nitrogens with one attached hydrogen (secondary N) is 2. The number of aromatic amines is 1. The minimum Gasteiger partial charge on any atom is -0.439 e. The van der Waals surface area contributed by atoms with Gasteiger partial charge in [0.2, 0.25) is 5.88 Å². The topological polar surface area (TPSA) is 62.8 Å². The molecule has 2 heterocycles. The summed E-state index contributed by atoms with van der Waals surface area (Å²) < 4.78 is 5.79. The molecule has 3 rings (SSSR count). The molecule has 0 unspecified atom stereocenters. The largest absolute Gasteiger partial charge is 0.439 e. The maximum atomic E-state index is 5.79. The third kappa shape index (κ3) is 4.59. The Morgan fingerprint density at radius 3 is 2.62 bits per heavy atom. The van der Waals surface area contributed by atoms with Gasteiger partial charge in [-0.05, 0) is 36.6 Å². The van der Waals surface area contributed by atoms with E-state index in [1.54, 1.807) is 18.7 Å². The van der Waals surface area contributed by atoms with Crippen LogP contribution in [0, 0.1) is 0 Å². The van der Waals surface area contributed by atoms with E-state index in [2.05, 4.69) is 39.3 Å². The number of unbranched alkanes of at least 4 members (excludes halogenated alkanes) is 1. The fourth-order valence-electron chi connectivity index (χ4n) is 2.35. The Morgan fingerprint density at radius 2 is 1.96 bits per heavy atom. The number of imidazole rings is 1. The number of aryl methyl sites for hydroxylation is 1. The molecular weight excluding hydrogens is 300 g/mol. The van der Waals surface area contributed by atoms with Crippen molar-refractivity contribution in [2.24, 2.45) is 0 Å². The monoisotopic (exact) mass is 322 g/mol. The summed E-state index contributed by atoms with van der Waals surface area (Å²) in [5.41, 5.74) is 3.31. The molecular formula is C19H22N4O. The zero-order valence-corrected chi connectivity index (χ0v) is 13.8. The highest BCUT2D eigenvalue weighted by molar-refractivity contribution is 5.43. The zero-order valence-electron chi connectivity index (χ0n) is 13.8. The van der Waals surface area contributed by atoms with Crippen molar-refractivity contribution in [3.05, 3.63) is 66.4 Å². The first kappa shape index (κ1) is 16.1. The minimum atomic E-state index is 0.586. The van der Waals surface area contributed by atoms with Crippen LogP contribution in [0.25, 0.3) is 0 Å². The lowest BCUT2D eigenvalue weighted by molar-refractivity contribution is 0.463. The summed E-state index contributed by atoms with van der Waals surface area (Å²) in [6.07, 6.45) is 8.77. The van der Waals surface area contributed by atoms with Gasteiger partial charge in [0, 0.05) is 12.3 Å². The van der Waals surface area contributed by atoms with Gasteiger partial charge in [-0.15, -0.1) is 0 Å². The van der Waals surface area contributed by atoms with Crippen LogP contribution in [0.5, 0.6) is 11.6 Å². The van der Waals surface area contributed by atoms with E-state index in [0.717, 1.165) is 23.6 Å². The first-order valence-corrected chi connectivity index (χ1v) is 8.27. The highest BCUT2D eigenvalue weighted by Gasteiger charge is 2.01. The fourth-order valence-corrected chi connectivity index (χ4v) is 2.35. The molecule has 0 aliphatic rings. The van der Waals surface area contributed by atoms with Crippen molar-refractivity contribution in [2.75, 3.05) is 5.32 Å². The molecule has 5 nitrogen and oxygen atoms in total. The summed E-state index contributed by atoms with van der Waals surface area (Å²) >= 11 is 0. The van der Waals surface area contributed by atoms with Crippen LogP contribution in [0.15, 0.2) is 55.1 Å². The lowest BCUT2D eigenvalue weighted by atomic mass is 10.1. The molecule has 0 radical (unpaired) electrons. The van der Waals surface area contributed by atoms with Crippen LogP contribution in [0.3, 0.4) is 0 Å². The van der Waals surface area contributed by atoms with Gasteiger partial charge in [-0.3, -0.25) is 0 Å². The van der Waals surface area contributed by atoms with Gasteiger partial charge in [0.1, 0.15) is 5.75 Å². The van der Waals surface area contributed by atoms with Crippen molar-refractivity contribution >= 4 is 5.69 Å².